The molecular weight excluding hydrogens is 333 g/mol. The van der Waals surface area contributed by atoms with Gasteiger partial charge in [0.15, 0.2) is 5.75 Å². The summed E-state index contributed by atoms with van der Waals surface area (Å²) < 4.78 is 29.4. The Morgan fingerprint density at radius 3 is 2.43 bits per heavy atom. The van der Waals surface area contributed by atoms with Crippen molar-refractivity contribution in [1.29, 1.82) is 5.26 Å². The Hall–Kier alpha value is -1.74. The van der Waals surface area contributed by atoms with Crippen LogP contribution in [0.4, 0.5) is 0 Å². The van der Waals surface area contributed by atoms with Crippen molar-refractivity contribution in [2.24, 2.45) is 0 Å². The molecule has 2 rings (SSSR count). The van der Waals surface area contributed by atoms with E-state index in [4.69, 9.17) is 32.6 Å². The summed E-state index contributed by atoms with van der Waals surface area (Å²) in [4.78, 5) is -0.149. The van der Waals surface area contributed by atoms with E-state index in [1.54, 1.807) is 19.1 Å². The molecule has 0 bridgehead atoms. The Morgan fingerprint density at radius 2 is 1.81 bits per heavy atom. The average molecular weight is 342 g/mol. The molecule has 0 aliphatic rings. The lowest BCUT2D eigenvalue weighted by molar-refractivity contribution is 0.486. The molecule has 2 aromatic carbocycles. The number of hydrogen-bond donors (Lipinski definition) is 0. The van der Waals surface area contributed by atoms with E-state index in [-0.39, 0.29) is 26.3 Å². The van der Waals surface area contributed by atoms with E-state index in [1.165, 1.54) is 24.3 Å². The monoisotopic (exact) mass is 341 g/mol. The Bertz CT molecular complexity index is 842. The molecule has 7 heteroatoms. The first-order valence-electron chi connectivity index (χ1n) is 5.74. The SMILES string of the molecule is Cc1ccc(Cl)c(OS(=O)(=O)c2ccc(C#N)c(Cl)c2)c1. The molecule has 0 atom stereocenters. The number of rotatable bonds is 3. The second kappa shape index (κ2) is 5.94. The molecule has 0 heterocycles. The Balaban J connectivity index is 2.41. The van der Waals surface area contributed by atoms with Crippen molar-refractivity contribution >= 4 is 33.3 Å². The predicted octanol–water partition coefficient (Wildman–Crippen LogP) is 3.94. The van der Waals surface area contributed by atoms with Crippen LogP contribution in [-0.2, 0) is 10.1 Å². The highest BCUT2D eigenvalue weighted by Crippen LogP contribution is 2.29. The van der Waals surface area contributed by atoms with Crippen LogP contribution in [0.5, 0.6) is 5.75 Å². The van der Waals surface area contributed by atoms with Crippen molar-refractivity contribution in [2.45, 2.75) is 11.8 Å². The van der Waals surface area contributed by atoms with Gasteiger partial charge in [-0.05, 0) is 42.8 Å². The largest absolute Gasteiger partial charge is 0.377 e. The Kier molecular flexibility index (Phi) is 4.43. The van der Waals surface area contributed by atoms with Crippen LogP contribution in [-0.4, -0.2) is 8.42 Å². The minimum Gasteiger partial charge on any atom is -0.377 e. The van der Waals surface area contributed by atoms with E-state index in [9.17, 15) is 8.42 Å². The highest BCUT2D eigenvalue weighted by atomic mass is 35.5. The predicted molar refractivity (Wildman–Crippen MR) is 80.2 cm³/mol. The van der Waals surface area contributed by atoms with Gasteiger partial charge in [0.1, 0.15) is 11.0 Å². The second-order valence-electron chi connectivity index (χ2n) is 4.22. The lowest BCUT2D eigenvalue weighted by Crippen LogP contribution is -2.10. The molecule has 0 fully saturated rings. The number of hydrogen-bond acceptors (Lipinski definition) is 4. The van der Waals surface area contributed by atoms with E-state index in [2.05, 4.69) is 0 Å². The van der Waals surface area contributed by atoms with Crippen LogP contribution in [0.3, 0.4) is 0 Å². The summed E-state index contributed by atoms with van der Waals surface area (Å²) >= 11 is 11.7. The normalized spacial score (nSPS) is 11.0. The van der Waals surface area contributed by atoms with Crippen LogP contribution in [0.1, 0.15) is 11.1 Å². The first kappa shape index (κ1) is 15.6. The maximum Gasteiger partial charge on any atom is 0.339 e. The molecule has 0 aromatic heterocycles. The van der Waals surface area contributed by atoms with E-state index in [0.29, 0.717) is 0 Å². The molecule has 0 aliphatic heterocycles. The lowest BCUT2D eigenvalue weighted by Gasteiger charge is -2.09. The summed E-state index contributed by atoms with van der Waals surface area (Å²) in [6.07, 6.45) is 0. The average Bonchev–Trinajstić information content (AvgIpc) is 2.42. The van der Waals surface area contributed by atoms with Crippen molar-refractivity contribution in [3.05, 3.63) is 57.6 Å². The van der Waals surface area contributed by atoms with Crippen molar-refractivity contribution in [3.8, 4) is 11.8 Å². The fraction of sp³-hybridized carbons (Fsp3) is 0.0714. The highest BCUT2D eigenvalue weighted by molar-refractivity contribution is 7.87. The number of nitrogens with zero attached hydrogens (tertiary/aromatic N) is 1. The molecule has 0 saturated heterocycles. The van der Waals surface area contributed by atoms with E-state index in [0.717, 1.165) is 5.56 Å². The topological polar surface area (TPSA) is 67.2 Å². The summed E-state index contributed by atoms with van der Waals surface area (Å²) in [7, 11) is -4.08. The summed E-state index contributed by atoms with van der Waals surface area (Å²) in [6.45, 7) is 1.79. The Labute approximate surface area is 132 Å². The van der Waals surface area contributed by atoms with Crippen molar-refractivity contribution in [2.75, 3.05) is 0 Å². The summed E-state index contributed by atoms with van der Waals surface area (Å²) in [5.41, 5.74) is 0.992. The minimum atomic E-state index is -4.08. The molecule has 0 spiro atoms. The molecule has 4 nitrogen and oxygen atoms in total. The van der Waals surface area contributed by atoms with Crippen LogP contribution in [0.25, 0.3) is 0 Å². The number of aryl methyl sites for hydroxylation is 1. The fourth-order valence-corrected chi connectivity index (χ4v) is 3.04. The molecular formula is C14H9Cl2NO3S. The Morgan fingerprint density at radius 1 is 1.10 bits per heavy atom. The zero-order valence-electron chi connectivity index (χ0n) is 10.8. The quantitative estimate of drug-likeness (QED) is 0.793. The van der Waals surface area contributed by atoms with Crippen molar-refractivity contribution in [1.82, 2.24) is 0 Å². The van der Waals surface area contributed by atoms with Crippen molar-refractivity contribution in [3.63, 3.8) is 0 Å². The third kappa shape index (κ3) is 3.48. The summed E-state index contributed by atoms with van der Waals surface area (Å²) in [5, 5.41) is 9.01. The molecule has 0 radical (unpaired) electrons. The zero-order valence-corrected chi connectivity index (χ0v) is 13.1. The standard InChI is InChI=1S/C14H9Cl2NO3S/c1-9-2-5-12(15)14(6-9)20-21(18,19)11-4-3-10(8-17)13(16)7-11/h2-7H,1H3. The van der Waals surface area contributed by atoms with Gasteiger partial charge in [-0.1, -0.05) is 29.3 Å². The molecule has 2 aromatic rings. The van der Waals surface area contributed by atoms with Crippen LogP contribution < -0.4 is 4.18 Å². The lowest BCUT2D eigenvalue weighted by atomic mass is 10.2. The van der Waals surface area contributed by atoms with Gasteiger partial charge in [-0.3, -0.25) is 0 Å². The molecule has 0 aliphatic carbocycles. The third-order valence-electron chi connectivity index (χ3n) is 2.64. The van der Waals surface area contributed by atoms with Gasteiger partial charge in [0.2, 0.25) is 0 Å². The molecule has 0 N–H and O–H groups in total. The maximum absolute atomic E-state index is 12.2. The van der Waals surface area contributed by atoms with Gasteiger partial charge in [0, 0.05) is 0 Å². The van der Waals surface area contributed by atoms with E-state index < -0.39 is 10.1 Å². The molecule has 0 amide bonds. The van der Waals surface area contributed by atoms with Gasteiger partial charge in [-0.25, -0.2) is 0 Å². The van der Waals surface area contributed by atoms with Gasteiger partial charge in [-0.2, -0.15) is 13.7 Å². The van der Waals surface area contributed by atoms with Crippen LogP contribution >= 0.6 is 23.2 Å². The summed E-state index contributed by atoms with van der Waals surface area (Å²) in [5.74, 6) is 0.0390. The molecule has 0 saturated carbocycles. The minimum absolute atomic E-state index is 0.0390. The molecule has 108 valence electrons. The highest BCUT2D eigenvalue weighted by Gasteiger charge is 2.19. The van der Waals surface area contributed by atoms with Crippen LogP contribution in [0.15, 0.2) is 41.3 Å². The van der Waals surface area contributed by atoms with Gasteiger partial charge < -0.3 is 4.18 Å². The number of benzene rings is 2. The smallest absolute Gasteiger partial charge is 0.339 e. The van der Waals surface area contributed by atoms with Gasteiger partial charge in [0.05, 0.1) is 15.6 Å². The van der Waals surface area contributed by atoms with Crippen molar-refractivity contribution < 1.29 is 12.6 Å². The zero-order chi connectivity index (χ0) is 15.6. The van der Waals surface area contributed by atoms with Gasteiger partial charge >= 0.3 is 10.1 Å². The van der Waals surface area contributed by atoms with E-state index >= 15 is 0 Å². The third-order valence-corrected chi connectivity index (χ3v) is 4.49. The van der Waals surface area contributed by atoms with Gasteiger partial charge in [-0.15, -0.1) is 0 Å². The first-order chi connectivity index (χ1) is 9.83. The van der Waals surface area contributed by atoms with Crippen LogP contribution in [0, 0.1) is 18.3 Å². The molecule has 21 heavy (non-hydrogen) atoms. The molecule has 0 unspecified atom stereocenters. The first-order valence-corrected chi connectivity index (χ1v) is 7.90. The van der Waals surface area contributed by atoms with Gasteiger partial charge in [0.25, 0.3) is 0 Å². The summed E-state index contributed by atoms with van der Waals surface area (Å²) in [6, 6.07) is 10.4. The van der Waals surface area contributed by atoms with E-state index in [1.807, 2.05) is 6.07 Å². The maximum atomic E-state index is 12.2. The number of nitriles is 1. The second-order valence-corrected chi connectivity index (χ2v) is 6.59. The fourth-order valence-electron chi connectivity index (χ4n) is 1.58. The number of halogens is 2. The van der Waals surface area contributed by atoms with Crippen LogP contribution in [0.2, 0.25) is 10.0 Å².